The minimum atomic E-state index is -0.965. The molecule has 5 atom stereocenters. The Balaban J connectivity index is 1.46. The van der Waals surface area contributed by atoms with Gasteiger partial charge in [0.25, 0.3) is 0 Å². The summed E-state index contributed by atoms with van der Waals surface area (Å²) in [5, 5.41) is 10.6. The van der Waals surface area contributed by atoms with Crippen LogP contribution in [0.4, 0.5) is 0 Å². The zero-order valence-corrected chi connectivity index (χ0v) is 20.5. The van der Waals surface area contributed by atoms with E-state index < -0.39 is 18.5 Å². The summed E-state index contributed by atoms with van der Waals surface area (Å²) in [6.45, 7) is 1.61. The van der Waals surface area contributed by atoms with Gasteiger partial charge in [0, 0.05) is 0 Å². The van der Waals surface area contributed by atoms with Gasteiger partial charge in [-0.15, -0.1) is 0 Å². The molecule has 0 aromatic heterocycles. The standard InChI is InChI=1S/C27H29IO5/c28-24-26(32-18-22-14-8-3-9-15-22)25(31-17-21-12-6-2-7-13-21)23(33-27(24)29)19-30-16-20-10-4-1-5-11-20/h1-15,23-27,29H,16-19H2/t23-,24-,25-,26+,27?/m1/s1. The number of aliphatic hydroxyl groups is 1. The van der Waals surface area contributed by atoms with E-state index in [2.05, 4.69) is 22.6 Å². The highest BCUT2D eigenvalue weighted by molar-refractivity contribution is 14.1. The van der Waals surface area contributed by atoms with Crippen LogP contribution in [0, 0.1) is 0 Å². The van der Waals surface area contributed by atoms with Crippen molar-refractivity contribution in [2.45, 2.75) is 48.3 Å². The number of ether oxygens (including phenoxy) is 4. The Labute approximate surface area is 208 Å². The Bertz CT molecular complexity index is 941. The summed E-state index contributed by atoms with van der Waals surface area (Å²) in [6, 6.07) is 30.0. The lowest BCUT2D eigenvalue weighted by Gasteiger charge is -2.42. The summed E-state index contributed by atoms with van der Waals surface area (Å²) in [6.07, 6.45) is -2.17. The van der Waals surface area contributed by atoms with Crippen LogP contribution in [-0.4, -0.2) is 40.2 Å². The van der Waals surface area contributed by atoms with Crippen molar-refractivity contribution in [2.24, 2.45) is 0 Å². The Morgan fingerprint density at radius 3 is 1.64 bits per heavy atom. The first kappa shape index (κ1) is 24.3. The number of hydrogen-bond donors (Lipinski definition) is 1. The van der Waals surface area contributed by atoms with Crippen LogP contribution in [-0.2, 0) is 38.8 Å². The summed E-state index contributed by atoms with van der Waals surface area (Å²) in [5.74, 6) is 0. The highest BCUT2D eigenvalue weighted by Crippen LogP contribution is 2.31. The molecular formula is C27H29IO5. The Morgan fingerprint density at radius 1 is 0.667 bits per heavy atom. The minimum absolute atomic E-state index is 0.280. The van der Waals surface area contributed by atoms with E-state index in [9.17, 15) is 5.11 Å². The molecule has 1 unspecified atom stereocenters. The van der Waals surface area contributed by atoms with Crippen LogP contribution in [0.5, 0.6) is 0 Å². The first-order chi connectivity index (χ1) is 16.2. The molecular weight excluding hydrogens is 531 g/mol. The fourth-order valence-electron chi connectivity index (χ4n) is 3.81. The van der Waals surface area contributed by atoms with Gasteiger partial charge in [-0.3, -0.25) is 0 Å². The second kappa shape index (κ2) is 12.6. The van der Waals surface area contributed by atoms with Gasteiger partial charge in [-0.25, -0.2) is 0 Å². The van der Waals surface area contributed by atoms with Crippen LogP contribution in [0.1, 0.15) is 16.7 Å². The van der Waals surface area contributed by atoms with E-state index in [4.69, 9.17) is 18.9 Å². The van der Waals surface area contributed by atoms with Gasteiger partial charge in [0.2, 0.25) is 0 Å². The third-order valence-corrected chi connectivity index (χ3v) is 6.88. The van der Waals surface area contributed by atoms with Crippen LogP contribution in [0.2, 0.25) is 0 Å². The molecule has 3 aromatic rings. The molecule has 1 N–H and O–H groups in total. The molecule has 0 saturated carbocycles. The van der Waals surface area contributed by atoms with E-state index in [1.807, 2.05) is 91.0 Å². The van der Waals surface area contributed by atoms with Crippen molar-refractivity contribution in [3.63, 3.8) is 0 Å². The minimum Gasteiger partial charge on any atom is -0.374 e. The van der Waals surface area contributed by atoms with Crippen LogP contribution in [0.3, 0.4) is 0 Å². The smallest absolute Gasteiger partial charge is 0.169 e. The van der Waals surface area contributed by atoms with Gasteiger partial charge in [-0.2, -0.15) is 0 Å². The van der Waals surface area contributed by atoms with Crippen LogP contribution < -0.4 is 0 Å². The van der Waals surface area contributed by atoms with Crippen LogP contribution in [0.15, 0.2) is 91.0 Å². The van der Waals surface area contributed by atoms with Gasteiger partial charge in [-0.1, -0.05) is 114 Å². The van der Waals surface area contributed by atoms with Crippen molar-refractivity contribution < 1.29 is 24.1 Å². The molecule has 0 bridgehead atoms. The summed E-state index contributed by atoms with van der Waals surface area (Å²) < 4.78 is 24.3. The molecule has 1 aliphatic heterocycles. The average molecular weight is 560 g/mol. The first-order valence-corrected chi connectivity index (χ1v) is 12.4. The summed E-state index contributed by atoms with van der Waals surface area (Å²) in [7, 11) is 0. The van der Waals surface area contributed by atoms with E-state index in [0.29, 0.717) is 26.4 Å². The molecule has 0 radical (unpaired) electrons. The first-order valence-electron chi connectivity index (χ1n) is 11.1. The van der Waals surface area contributed by atoms with Crippen molar-refractivity contribution >= 4 is 22.6 Å². The number of benzene rings is 3. The predicted octanol–water partition coefficient (Wildman–Crippen LogP) is 4.89. The zero-order valence-electron chi connectivity index (χ0n) is 18.3. The predicted molar refractivity (Wildman–Crippen MR) is 135 cm³/mol. The molecule has 33 heavy (non-hydrogen) atoms. The fourth-order valence-corrected chi connectivity index (χ4v) is 4.60. The maximum Gasteiger partial charge on any atom is 0.169 e. The number of halogens is 1. The summed E-state index contributed by atoms with van der Waals surface area (Å²) in [4.78, 5) is 0. The number of aliphatic hydroxyl groups excluding tert-OH is 1. The number of alkyl halides is 1. The highest BCUT2D eigenvalue weighted by atomic mass is 127. The van der Waals surface area contributed by atoms with Crippen LogP contribution >= 0.6 is 22.6 Å². The molecule has 174 valence electrons. The normalized spacial score (nSPS) is 25.1. The molecule has 1 saturated heterocycles. The Morgan fingerprint density at radius 2 is 1.12 bits per heavy atom. The monoisotopic (exact) mass is 560 g/mol. The summed E-state index contributed by atoms with van der Waals surface area (Å²) in [5.41, 5.74) is 3.22. The van der Waals surface area contributed by atoms with Crippen molar-refractivity contribution in [3.8, 4) is 0 Å². The molecule has 0 amide bonds. The van der Waals surface area contributed by atoms with Crippen molar-refractivity contribution in [3.05, 3.63) is 108 Å². The molecule has 5 nitrogen and oxygen atoms in total. The number of hydrogen-bond acceptors (Lipinski definition) is 5. The molecule has 1 aliphatic rings. The quantitative estimate of drug-likeness (QED) is 0.283. The number of rotatable bonds is 10. The molecule has 0 aliphatic carbocycles. The lowest BCUT2D eigenvalue weighted by atomic mass is 10.0. The van der Waals surface area contributed by atoms with Gasteiger partial charge in [-0.05, 0) is 16.7 Å². The van der Waals surface area contributed by atoms with Gasteiger partial charge < -0.3 is 24.1 Å². The van der Waals surface area contributed by atoms with Gasteiger partial charge in [0.1, 0.15) is 18.3 Å². The van der Waals surface area contributed by atoms with E-state index in [-0.39, 0.29) is 10.0 Å². The topological polar surface area (TPSA) is 57.2 Å². The molecule has 0 spiro atoms. The SMILES string of the molecule is OC1O[C@H](COCc2ccccc2)[C@@H](OCc2ccccc2)[C@@H](OCc2ccccc2)[C@H]1I. The fraction of sp³-hybridized carbons (Fsp3) is 0.333. The lowest BCUT2D eigenvalue weighted by Crippen LogP contribution is -2.58. The van der Waals surface area contributed by atoms with E-state index >= 15 is 0 Å². The highest BCUT2D eigenvalue weighted by Gasteiger charge is 2.46. The molecule has 4 rings (SSSR count). The van der Waals surface area contributed by atoms with Gasteiger partial charge in [0.15, 0.2) is 6.29 Å². The van der Waals surface area contributed by atoms with Crippen molar-refractivity contribution in [1.82, 2.24) is 0 Å². The van der Waals surface area contributed by atoms with E-state index in [0.717, 1.165) is 16.7 Å². The van der Waals surface area contributed by atoms with E-state index in [1.54, 1.807) is 0 Å². The largest absolute Gasteiger partial charge is 0.374 e. The second-order valence-electron chi connectivity index (χ2n) is 8.03. The maximum atomic E-state index is 10.6. The maximum absolute atomic E-state index is 10.6. The van der Waals surface area contributed by atoms with Crippen LogP contribution in [0.25, 0.3) is 0 Å². The average Bonchev–Trinajstić information content (AvgIpc) is 2.86. The van der Waals surface area contributed by atoms with Gasteiger partial charge in [0.05, 0.1) is 30.4 Å². The third-order valence-electron chi connectivity index (χ3n) is 5.55. The second-order valence-corrected chi connectivity index (χ2v) is 9.47. The Kier molecular flexibility index (Phi) is 9.28. The summed E-state index contributed by atoms with van der Waals surface area (Å²) >= 11 is 2.19. The zero-order chi connectivity index (χ0) is 22.9. The Hall–Kier alpha value is -1.81. The van der Waals surface area contributed by atoms with E-state index in [1.165, 1.54) is 0 Å². The van der Waals surface area contributed by atoms with Gasteiger partial charge >= 0.3 is 0 Å². The molecule has 1 fully saturated rings. The molecule has 3 aromatic carbocycles. The molecule has 1 heterocycles. The lowest BCUT2D eigenvalue weighted by molar-refractivity contribution is -0.258. The van der Waals surface area contributed by atoms with Crippen molar-refractivity contribution in [1.29, 1.82) is 0 Å². The van der Waals surface area contributed by atoms with Crippen molar-refractivity contribution in [2.75, 3.05) is 6.61 Å². The third kappa shape index (κ3) is 7.09. The molecule has 6 heteroatoms.